The third-order valence-electron chi connectivity index (χ3n) is 2.66. The lowest BCUT2D eigenvalue weighted by Crippen LogP contribution is -2.49. The topological polar surface area (TPSA) is 58.0 Å². The van der Waals surface area contributed by atoms with Gasteiger partial charge in [0.1, 0.15) is 6.33 Å². The summed E-state index contributed by atoms with van der Waals surface area (Å²) in [6, 6.07) is 2.30. The molecule has 0 fully saturated rings. The summed E-state index contributed by atoms with van der Waals surface area (Å²) in [4.78, 5) is 8.06. The fraction of sp³-hybridized carbons (Fsp3) is 0.692. The molecule has 0 amide bonds. The molecule has 5 heteroatoms. The van der Waals surface area contributed by atoms with E-state index in [0.29, 0.717) is 6.04 Å². The summed E-state index contributed by atoms with van der Waals surface area (Å²) in [6.07, 6.45) is 5.33. The van der Waals surface area contributed by atoms with Crippen LogP contribution in [-0.2, 0) is 0 Å². The molecule has 1 aromatic rings. The Kier molecular flexibility index (Phi) is 6.60. The van der Waals surface area contributed by atoms with Crippen molar-refractivity contribution in [1.29, 1.82) is 0 Å². The molecule has 1 aromatic heterocycles. The highest BCUT2D eigenvalue weighted by atomic mass is 32.2. The average Bonchev–Trinajstić information content (AvgIpc) is 2.35. The number of aliphatic hydroxyl groups is 1. The normalized spacial score (nSPS) is 14.7. The predicted molar refractivity (Wildman–Crippen MR) is 75.8 cm³/mol. The summed E-state index contributed by atoms with van der Waals surface area (Å²) in [5.74, 6) is 1.01. The number of hydrogen-bond donors (Lipinski definition) is 2. The van der Waals surface area contributed by atoms with Gasteiger partial charge in [0.15, 0.2) is 0 Å². The van der Waals surface area contributed by atoms with Crippen molar-refractivity contribution in [1.82, 2.24) is 15.3 Å². The number of nitrogens with one attached hydrogen (secondary N) is 1. The van der Waals surface area contributed by atoms with Gasteiger partial charge >= 0.3 is 0 Å². The smallest absolute Gasteiger partial charge is 0.116 e. The highest BCUT2D eigenvalue weighted by molar-refractivity contribution is 7.99. The van der Waals surface area contributed by atoms with Crippen LogP contribution in [0.25, 0.3) is 0 Å². The molecule has 102 valence electrons. The highest BCUT2D eigenvalue weighted by Crippen LogP contribution is 2.19. The average molecular weight is 269 g/mol. The Hall–Kier alpha value is -0.650. The van der Waals surface area contributed by atoms with Crippen LogP contribution in [-0.4, -0.2) is 39.0 Å². The lowest BCUT2D eigenvalue weighted by atomic mass is 9.96. The molecule has 0 radical (unpaired) electrons. The van der Waals surface area contributed by atoms with Crippen molar-refractivity contribution in [3.63, 3.8) is 0 Å². The van der Waals surface area contributed by atoms with E-state index in [-0.39, 0.29) is 12.1 Å². The van der Waals surface area contributed by atoms with E-state index in [0.717, 1.165) is 23.6 Å². The van der Waals surface area contributed by atoms with Crippen molar-refractivity contribution in [2.24, 2.45) is 0 Å². The highest BCUT2D eigenvalue weighted by Gasteiger charge is 2.22. The van der Waals surface area contributed by atoms with Gasteiger partial charge in [-0.3, -0.25) is 0 Å². The predicted octanol–water partition coefficient (Wildman–Crippen LogP) is 2.10. The van der Waals surface area contributed by atoms with Gasteiger partial charge in [-0.2, -0.15) is 0 Å². The van der Waals surface area contributed by atoms with E-state index in [9.17, 15) is 5.11 Å². The number of rotatable bonds is 8. The molecule has 18 heavy (non-hydrogen) atoms. The van der Waals surface area contributed by atoms with Crippen molar-refractivity contribution in [3.05, 3.63) is 18.6 Å². The first-order chi connectivity index (χ1) is 8.56. The molecule has 1 heterocycles. The second-order valence-corrected chi connectivity index (χ2v) is 6.13. The minimum absolute atomic E-state index is 0.170. The Balaban J connectivity index is 2.27. The fourth-order valence-corrected chi connectivity index (χ4v) is 2.67. The van der Waals surface area contributed by atoms with Crippen LogP contribution in [0.15, 0.2) is 23.6 Å². The van der Waals surface area contributed by atoms with Crippen molar-refractivity contribution >= 4 is 11.8 Å². The van der Waals surface area contributed by atoms with Gasteiger partial charge in [-0.05, 0) is 31.6 Å². The minimum atomic E-state index is -0.180. The number of thioether (sulfide) groups is 1. The van der Waals surface area contributed by atoms with E-state index in [1.807, 2.05) is 6.07 Å². The third kappa shape index (κ3) is 5.80. The van der Waals surface area contributed by atoms with Crippen LogP contribution in [0, 0.1) is 0 Å². The molecule has 1 atom stereocenters. The lowest BCUT2D eigenvalue weighted by Gasteiger charge is -2.31. The first-order valence-electron chi connectivity index (χ1n) is 6.33. The van der Waals surface area contributed by atoms with Crippen LogP contribution >= 0.6 is 11.8 Å². The van der Waals surface area contributed by atoms with Gasteiger partial charge in [-0.15, -0.1) is 11.8 Å². The Morgan fingerprint density at radius 3 is 2.83 bits per heavy atom. The van der Waals surface area contributed by atoms with Gasteiger partial charge in [-0.1, -0.05) is 13.8 Å². The quantitative estimate of drug-likeness (QED) is 0.430. The SMILES string of the molecule is CC(C)NC(C)(CO)CCCSc1ccncn1. The summed E-state index contributed by atoms with van der Waals surface area (Å²) in [5.41, 5.74) is -0.180. The van der Waals surface area contributed by atoms with Crippen molar-refractivity contribution < 1.29 is 5.11 Å². The first-order valence-corrected chi connectivity index (χ1v) is 7.32. The van der Waals surface area contributed by atoms with Gasteiger partial charge in [0.2, 0.25) is 0 Å². The molecular weight excluding hydrogens is 246 g/mol. The van der Waals surface area contributed by atoms with Crippen LogP contribution in [0.4, 0.5) is 0 Å². The van der Waals surface area contributed by atoms with Crippen LogP contribution in [0.1, 0.15) is 33.6 Å². The lowest BCUT2D eigenvalue weighted by molar-refractivity contribution is 0.156. The Bertz CT molecular complexity index is 334. The summed E-state index contributed by atoms with van der Waals surface area (Å²) >= 11 is 1.73. The summed E-state index contributed by atoms with van der Waals surface area (Å²) in [6.45, 7) is 6.44. The van der Waals surface area contributed by atoms with Gasteiger partial charge in [0, 0.05) is 17.8 Å². The molecule has 0 aliphatic rings. The molecule has 0 bridgehead atoms. The maximum atomic E-state index is 9.46. The van der Waals surface area contributed by atoms with Crippen molar-refractivity contribution in [2.45, 2.75) is 50.2 Å². The van der Waals surface area contributed by atoms with Crippen LogP contribution in [0.5, 0.6) is 0 Å². The summed E-state index contributed by atoms with van der Waals surface area (Å²) < 4.78 is 0. The molecule has 0 spiro atoms. The zero-order chi connectivity index (χ0) is 13.4. The molecule has 4 nitrogen and oxygen atoms in total. The molecule has 0 aromatic carbocycles. The van der Waals surface area contributed by atoms with Crippen molar-refractivity contribution in [2.75, 3.05) is 12.4 Å². The van der Waals surface area contributed by atoms with Gasteiger partial charge in [-0.25, -0.2) is 9.97 Å². The summed E-state index contributed by atoms with van der Waals surface area (Å²) in [5, 5.41) is 13.9. The molecular formula is C13H23N3OS. The Labute approximate surface area is 114 Å². The summed E-state index contributed by atoms with van der Waals surface area (Å²) in [7, 11) is 0. The van der Waals surface area contributed by atoms with Crippen LogP contribution in [0.2, 0.25) is 0 Å². The molecule has 0 saturated carbocycles. The Morgan fingerprint density at radius 1 is 1.50 bits per heavy atom. The second kappa shape index (κ2) is 7.71. The fourth-order valence-electron chi connectivity index (χ4n) is 1.90. The number of hydrogen-bond acceptors (Lipinski definition) is 5. The van der Waals surface area contributed by atoms with Crippen LogP contribution in [0.3, 0.4) is 0 Å². The molecule has 0 saturated heterocycles. The van der Waals surface area contributed by atoms with E-state index in [1.54, 1.807) is 24.3 Å². The molecule has 1 rings (SSSR count). The van der Waals surface area contributed by atoms with Gasteiger partial charge in [0.05, 0.1) is 11.6 Å². The number of aromatic nitrogens is 2. The van der Waals surface area contributed by atoms with E-state index < -0.39 is 0 Å². The molecule has 0 aliphatic heterocycles. The second-order valence-electron chi connectivity index (χ2n) is 5.02. The largest absolute Gasteiger partial charge is 0.394 e. The first kappa shape index (κ1) is 15.4. The van der Waals surface area contributed by atoms with Gasteiger partial charge in [0.25, 0.3) is 0 Å². The monoisotopic (exact) mass is 269 g/mol. The van der Waals surface area contributed by atoms with Gasteiger partial charge < -0.3 is 10.4 Å². The molecule has 1 unspecified atom stereocenters. The zero-order valence-electron chi connectivity index (χ0n) is 11.4. The number of nitrogens with zero attached hydrogens (tertiary/aromatic N) is 2. The van der Waals surface area contributed by atoms with E-state index in [1.165, 1.54) is 0 Å². The Morgan fingerprint density at radius 2 is 2.28 bits per heavy atom. The van der Waals surface area contributed by atoms with Crippen LogP contribution < -0.4 is 5.32 Å². The number of aliphatic hydroxyl groups excluding tert-OH is 1. The molecule has 2 N–H and O–H groups in total. The molecule has 0 aliphatic carbocycles. The maximum Gasteiger partial charge on any atom is 0.116 e. The third-order valence-corrected chi connectivity index (χ3v) is 3.69. The maximum absolute atomic E-state index is 9.46. The van der Waals surface area contributed by atoms with Crippen molar-refractivity contribution in [3.8, 4) is 0 Å². The van der Waals surface area contributed by atoms with E-state index >= 15 is 0 Å². The van der Waals surface area contributed by atoms with E-state index in [2.05, 4.69) is 36.1 Å². The minimum Gasteiger partial charge on any atom is -0.394 e. The zero-order valence-corrected chi connectivity index (χ0v) is 12.2. The van der Waals surface area contributed by atoms with E-state index in [4.69, 9.17) is 0 Å². The standard InChI is InChI=1S/C13H23N3OS/c1-11(2)16-13(3,9-17)6-4-8-18-12-5-7-14-10-15-12/h5,7,10-11,16-17H,4,6,8-9H2,1-3H3.